The summed E-state index contributed by atoms with van der Waals surface area (Å²) in [5.41, 5.74) is 3.24. The van der Waals surface area contributed by atoms with E-state index in [1.54, 1.807) is 12.1 Å². The lowest BCUT2D eigenvalue weighted by atomic mass is 9.88. The van der Waals surface area contributed by atoms with Gasteiger partial charge in [-0.1, -0.05) is 56.5 Å². The van der Waals surface area contributed by atoms with E-state index in [0.717, 1.165) is 31.5 Å². The molecule has 178 valence electrons. The number of halogens is 3. The van der Waals surface area contributed by atoms with Gasteiger partial charge in [0, 0.05) is 29.1 Å². The van der Waals surface area contributed by atoms with Crippen LogP contribution in [0.5, 0.6) is 5.75 Å². The summed E-state index contributed by atoms with van der Waals surface area (Å²) in [6.45, 7) is 3.85. The van der Waals surface area contributed by atoms with Crippen molar-refractivity contribution < 1.29 is 17.9 Å². The van der Waals surface area contributed by atoms with Crippen molar-refractivity contribution in [3.8, 4) is 5.75 Å². The molecule has 1 aliphatic carbocycles. The van der Waals surface area contributed by atoms with E-state index < -0.39 is 6.36 Å². The molecule has 1 unspecified atom stereocenters. The molecule has 1 aliphatic rings. The first-order chi connectivity index (χ1) is 16.0. The summed E-state index contributed by atoms with van der Waals surface area (Å²) in [6.07, 6.45) is 5.54. The van der Waals surface area contributed by atoms with Crippen LogP contribution in [0.1, 0.15) is 75.0 Å². The first-order valence-corrected chi connectivity index (χ1v) is 12.1. The van der Waals surface area contributed by atoms with Gasteiger partial charge < -0.3 is 14.6 Å². The third kappa shape index (κ3) is 5.91. The van der Waals surface area contributed by atoms with Crippen LogP contribution in [0.25, 0.3) is 10.9 Å². The molecule has 0 radical (unpaired) electrons. The van der Waals surface area contributed by atoms with Crippen molar-refractivity contribution in [2.45, 2.75) is 70.2 Å². The minimum Gasteiger partial charge on any atom is -0.406 e. The van der Waals surface area contributed by atoms with E-state index in [0.29, 0.717) is 6.04 Å². The van der Waals surface area contributed by atoms with Gasteiger partial charge in [0.1, 0.15) is 5.75 Å². The van der Waals surface area contributed by atoms with Gasteiger partial charge in [-0.15, -0.1) is 13.2 Å². The SMILES string of the molecule is CCCNCCC(c1cccc(OC(F)(F)F)c1)c1cn(C2CCCCC2)c2ccccc12. The highest BCUT2D eigenvalue weighted by molar-refractivity contribution is 5.85. The van der Waals surface area contributed by atoms with E-state index >= 15 is 0 Å². The molecule has 0 saturated heterocycles. The normalized spacial score (nSPS) is 16.2. The summed E-state index contributed by atoms with van der Waals surface area (Å²) in [7, 11) is 0. The molecule has 0 aliphatic heterocycles. The molecular weight excluding hydrogens is 425 g/mol. The molecular formula is C27H33F3N2O. The standard InChI is InChI=1S/C27H33F3N2O/c1-2-16-31-17-15-23(20-9-8-12-22(18-20)33-27(28,29)30)25-19-32(21-10-4-3-5-11-21)26-14-7-6-13-24(25)26/h6-9,12-14,18-19,21,23,31H,2-5,10-11,15-17H2,1H3. The Labute approximate surface area is 193 Å². The number of nitrogens with one attached hydrogen (secondary N) is 1. The number of nitrogens with zero attached hydrogens (tertiary/aromatic N) is 1. The minimum atomic E-state index is -4.70. The molecule has 1 aromatic heterocycles. The van der Waals surface area contributed by atoms with Crippen molar-refractivity contribution in [3.05, 3.63) is 65.9 Å². The van der Waals surface area contributed by atoms with Crippen LogP contribution in [0.2, 0.25) is 0 Å². The van der Waals surface area contributed by atoms with Gasteiger partial charge >= 0.3 is 6.36 Å². The molecule has 33 heavy (non-hydrogen) atoms. The van der Waals surface area contributed by atoms with Gasteiger partial charge in [-0.3, -0.25) is 0 Å². The van der Waals surface area contributed by atoms with Crippen LogP contribution in [0.3, 0.4) is 0 Å². The number of ether oxygens (including phenoxy) is 1. The average Bonchev–Trinajstić information content (AvgIpc) is 3.18. The summed E-state index contributed by atoms with van der Waals surface area (Å²) in [4.78, 5) is 0. The molecule has 1 atom stereocenters. The van der Waals surface area contributed by atoms with E-state index in [2.05, 4.69) is 45.9 Å². The fourth-order valence-corrected chi connectivity index (χ4v) is 5.15. The van der Waals surface area contributed by atoms with Crippen LogP contribution in [-0.2, 0) is 0 Å². The predicted molar refractivity (Wildman–Crippen MR) is 127 cm³/mol. The number of fused-ring (bicyclic) bond motifs is 1. The van der Waals surface area contributed by atoms with Crippen LogP contribution in [0.4, 0.5) is 13.2 Å². The second kappa shape index (κ2) is 10.6. The van der Waals surface area contributed by atoms with Crippen molar-refractivity contribution in [1.82, 2.24) is 9.88 Å². The van der Waals surface area contributed by atoms with E-state index in [1.807, 2.05) is 12.1 Å². The first-order valence-electron chi connectivity index (χ1n) is 12.1. The Morgan fingerprint density at radius 2 is 1.82 bits per heavy atom. The summed E-state index contributed by atoms with van der Waals surface area (Å²) in [5, 5.41) is 4.64. The summed E-state index contributed by atoms with van der Waals surface area (Å²) in [5.74, 6) is -0.191. The zero-order valence-corrected chi connectivity index (χ0v) is 19.2. The Morgan fingerprint density at radius 1 is 1.03 bits per heavy atom. The number of benzene rings is 2. The minimum absolute atomic E-state index is 0.0270. The first kappa shape index (κ1) is 23.7. The van der Waals surface area contributed by atoms with Crippen molar-refractivity contribution in [2.75, 3.05) is 13.1 Å². The average molecular weight is 459 g/mol. The van der Waals surface area contributed by atoms with Crippen LogP contribution in [-0.4, -0.2) is 24.0 Å². The molecule has 0 spiro atoms. The fourth-order valence-electron chi connectivity index (χ4n) is 5.15. The van der Waals surface area contributed by atoms with Crippen molar-refractivity contribution in [1.29, 1.82) is 0 Å². The molecule has 0 bridgehead atoms. The Balaban J connectivity index is 1.74. The molecule has 0 amide bonds. The number of aromatic nitrogens is 1. The highest BCUT2D eigenvalue weighted by Gasteiger charge is 2.31. The molecule has 2 aromatic carbocycles. The Hall–Kier alpha value is -2.47. The Bertz CT molecular complexity index is 1040. The monoisotopic (exact) mass is 458 g/mol. The smallest absolute Gasteiger partial charge is 0.406 e. The van der Waals surface area contributed by atoms with Crippen LogP contribution in [0, 0.1) is 0 Å². The van der Waals surface area contributed by atoms with Gasteiger partial charge in [0.05, 0.1) is 0 Å². The van der Waals surface area contributed by atoms with Crippen molar-refractivity contribution in [3.63, 3.8) is 0 Å². The number of hydrogen-bond donors (Lipinski definition) is 1. The molecule has 1 heterocycles. The molecule has 3 aromatic rings. The molecule has 4 rings (SSSR count). The third-order valence-electron chi connectivity index (χ3n) is 6.65. The van der Waals surface area contributed by atoms with E-state index in [1.165, 1.54) is 54.6 Å². The van der Waals surface area contributed by atoms with Crippen LogP contribution < -0.4 is 10.1 Å². The van der Waals surface area contributed by atoms with Gasteiger partial charge in [0.2, 0.25) is 0 Å². The molecule has 6 heteroatoms. The number of rotatable bonds is 9. The maximum atomic E-state index is 12.9. The third-order valence-corrected chi connectivity index (χ3v) is 6.65. The second-order valence-electron chi connectivity index (χ2n) is 9.01. The lowest BCUT2D eigenvalue weighted by Crippen LogP contribution is -2.19. The molecule has 1 saturated carbocycles. The Kier molecular flexibility index (Phi) is 7.63. The molecule has 3 nitrogen and oxygen atoms in total. The van der Waals surface area contributed by atoms with Gasteiger partial charge in [0.15, 0.2) is 0 Å². The fraction of sp³-hybridized carbons (Fsp3) is 0.481. The number of hydrogen-bond acceptors (Lipinski definition) is 2. The maximum Gasteiger partial charge on any atom is 0.573 e. The summed E-state index contributed by atoms with van der Waals surface area (Å²) < 4.78 is 45.3. The molecule has 1 fully saturated rings. The Morgan fingerprint density at radius 3 is 2.58 bits per heavy atom. The van der Waals surface area contributed by atoms with E-state index in [9.17, 15) is 13.2 Å². The van der Waals surface area contributed by atoms with E-state index in [4.69, 9.17) is 0 Å². The van der Waals surface area contributed by atoms with Gasteiger partial charge in [-0.25, -0.2) is 0 Å². The lowest BCUT2D eigenvalue weighted by Gasteiger charge is -2.24. The predicted octanol–water partition coefficient (Wildman–Crippen LogP) is 7.57. The highest BCUT2D eigenvalue weighted by atomic mass is 19.4. The topological polar surface area (TPSA) is 26.2 Å². The van der Waals surface area contributed by atoms with Gasteiger partial charge in [-0.05, 0) is 68.1 Å². The second-order valence-corrected chi connectivity index (χ2v) is 9.01. The maximum absolute atomic E-state index is 12.9. The molecule has 1 N–H and O–H groups in total. The van der Waals surface area contributed by atoms with E-state index in [-0.39, 0.29) is 11.7 Å². The zero-order chi connectivity index (χ0) is 23.3. The van der Waals surface area contributed by atoms with Gasteiger partial charge in [-0.2, -0.15) is 0 Å². The van der Waals surface area contributed by atoms with Crippen LogP contribution >= 0.6 is 0 Å². The van der Waals surface area contributed by atoms with Crippen LogP contribution in [0.15, 0.2) is 54.7 Å². The summed E-state index contributed by atoms with van der Waals surface area (Å²) >= 11 is 0. The lowest BCUT2D eigenvalue weighted by molar-refractivity contribution is -0.274. The highest BCUT2D eigenvalue weighted by Crippen LogP contribution is 2.39. The van der Waals surface area contributed by atoms with Crippen molar-refractivity contribution >= 4 is 10.9 Å². The quantitative estimate of drug-likeness (QED) is 0.335. The van der Waals surface area contributed by atoms with Crippen molar-refractivity contribution in [2.24, 2.45) is 0 Å². The number of alkyl halides is 3. The zero-order valence-electron chi connectivity index (χ0n) is 19.2. The van der Waals surface area contributed by atoms with Gasteiger partial charge in [0.25, 0.3) is 0 Å². The number of para-hydroxylation sites is 1. The largest absolute Gasteiger partial charge is 0.573 e. The summed E-state index contributed by atoms with van der Waals surface area (Å²) in [6, 6.07) is 15.4.